The molecule has 0 bridgehead atoms. The lowest BCUT2D eigenvalue weighted by Gasteiger charge is -2.25. The molecule has 3 aromatic heterocycles. The van der Waals surface area contributed by atoms with Crippen LogP contribution in [0.2, 0.25) is 0 Å². The zero-order valence-corrected chi connectivity index (χ0v) is 16.6. The fraction of sp³-hybridized carbons (Fsp3) is 0.261. The van der Waals surface area contributed by atoms with Crippen LogP contribution in [0.1, 0.15) is 16.9 Å². The molecule has 1 aliphatic heterocycles. The number of halogens is 2. The van der Waals surface area contributed by atoms with Gasteiger partial charge in [0.15, 0.2) is 18.0 Å². The first-order valence-electron chi connectivity index (χ1n) is 10.1. The molecule has 1 amide bonds. The Morgan fingerprint density at radius 2 is 1.90 bits per heavy atom. The lowest BCUT2D eigenvalue weighted by atomic mass is 10.1. The van der Waals surface area contributed by atoms with E-state index in [-0.39, 0.29) is 37.0 Å². The van der Waals surface area contributed by atoms with Crippen LogP contribution >= 0.6 is 0 Å². The molecule has 1 aliphatic rings. The van der Waals surface area contributed by atoms with Gasteiger partial charge >= 0.3 is 0 Å². The van der Waals surface area contributed by atoms with Crippen LogP contribution in [0.15, 0.2) is 67.1 Å². The second-order valence-corrected chi connectivity index (χ2v) is 7.59. The Bertz CT molecular complexity index is 1240. The van der Waals surface area contributed by atoms with E-state index in [0.717, 1.165) is 5.39 Å². The van der Waals surface area contributed by atoms with Crippen molar-refractivity contribution in [3.05, 3.63) is 72.8 Å². The lowest BCUT2D eigenvalue weighted by molar-refractivity contribution is 0.0370. The molecule has 0 spiro atoms. The van der Waals surface area contributed by atoms with Crippen molar-refractivity contribution < 1.29 is 18.3 Å². The van der Waals surface area contributed by atoms with Gasteiger partial charge in [0.05, 0.1) is 17.6 Å². The van der Waals surface area contributed by atoms with Gasteiger partial charge in [0.2, 0.25) is 5.88 Å². The fourth-order valence-corrected chi connectivity index (χ4v) is 3.89. The van der Waals surface area contributed by atoms with Crippen molar-refractivity contribution in [1.29, 1.82) is 0 Å². The van der Waals surface area contributed by atoms with Crippen LogP contribution in [0.3, 0.4) is 0 Å². The summed E-state index contributed by atoms with van der Waals surface area (Å²) in [7, 11) is 0. The smallest absolute Gasteiger partial charge is 0.274 e. The van der Waals surface area contributed by atoms with Gasteiger partial charge in [-0.25, -0.2) is 18.7 Å². The first kappa shape index (κ1) is 19.4. The van der Waals surface area contributed by atoms with Crippen LogP contribution in [-0.2, 0) is 0 Å². The highest BCUT2D eigenvalue weighted by Crippen LogP contribution is 2.25. The Morgan fingerprint density at radius 1 is 1.06 bits per heavy atom. The number of aromatic nitrogens is 3. The number of imidazole rings is 1. The highest BCUT2D eigenvalue weighted by Gasteiger charge is 2.38. The first-order valence-corrected chi connectivity index (χ1v) is 10.1. The summed E-state index contributed by atoms with van der Waals surface area (Å²) in [6.45, 7) is -0.0158. The molecule has 0 N–H and O–H groups in total. The normalized spacial score (nSPS) is 21.9. The van der Waals surface area contributed by atoms with Gasteiger partial charge in [-0.15, -0.1) is 0 Å². The molecule has 6 nitrogen and oxygen atoms in total. The summed E-state index contributed by atoms with van der Waals surface area (Å²) >= 11 is 0. The summed E-state index contributed by atoms with van der Waals surface area (Å²) in [6, 6.07) is 16.3. The number of pyridine rings is 2. The second kappa shape index (κ2) is 7.94. The maximum absolute atomic E-state index is 14.8. The van der Waals surface area contributed by atoms with Gasteiger partial charge < -0.3 is 14.0 Å². The van der Waals surface area contributed by atoms with Crippen LogP contribution < -0.4 is 4.74 Å². The van der Waals surface area contributed by atoms with E-state index in [1.807, 2.05) is 42.5 Å². The number of ether oxygens (including phenoxy) is 1. The van der Waals surface area contributed by atoms with Gasteiger partial charge in [0, 0.05) is 24.2 Å². The monoisotopic (exact) mass is 422 g/mol. The molecule has 1 aromatic carbocycles. The van der Waals surface area contributed by atoms with Gasteiger partial charge in [0.25, 0.3) is 5.91 Å². The number of amides is 1. The number of likely N-dealkylation sites (tertiary alicyclic amines) is 1. The van der Waals surface area contributed by atoms with E-state index in [1.54, 1.807) is 29.1 Å². The number of para-hydroxylation sites is 1. The highest BCUT2D eigenvalue weighted by atomic mass is 19.2. The molecule has 8 heteroatoms. The Hall–Kier alpha value is -3.55. The molecule has 1 fully saturated rings. The minimum Gasteiger partial charge on any atom is -0.469 e. The number of carbonyl (C=O) groups is 1. The number of benzene rings is 1. The maximum atomic E-state index is 14.8. The van der Waals surface area contributed by atoms with Gasteiger partial charge in [-0.2, -0.15) is 0 Å². The molecule has 158 valence electrons. The molecule has 1 saturated heterocycles. The van der Waals surface area contributed by atoms with Gasteiger partial charge in [-0.05, 0) is 30.7 Å². The average molecular weight is 422 g/mol. The van der Waals surface area contributed by atoms with Crippen molar-refractivity contribution >= 4 is 22.3 Å². The third kappa shape index (κ3) is 3.69. The minimum absolute atomic E-state index is 0.0806. The average Bonchev–Trinajstić information content (AvgIpc) is 3.18. The lowest BCUT2D eigenvalue weighted by Crippen LogP contribution is -2.43. The van der Waals surface area contributed by atoms with Gasteiger partial charge in [-0.1, -0.05) is 24.3 Å². The van der Waals surface area contributed by atoms with E-state index in [4.69, 9.17) is 4.74 Å². The third-order valence-electron chi connectivity index (χ3n) is 5.55. The van der Waals surface area contributed by atoms with Crippen molar-refractivity contribution in [2.45, 2.75) is 24.9 Å². The standard InChI is InChI=1S/C23H20F2N4O2/c24-16-10-12-28(23(30)22-18-7-3-4-11-29(18)14-26-22)13-19(21(16)25)31-20-9-8-15-5-1-2-6-17(15)27-20/h1-9,11,14,16,19,21H,10,12-13H2. The quantitative estimate of drug-likeness (QED) is 0.503. The van der Waals surface area contributed by atoms with Crippen molar-refractivity contribution in [2.24, 2.45) is 0 Å². The SMILES string of the molecule is O=C(c1ncn2ccccc12)N1CCC(F)C(F)C(Oc2ccc3ccccc3n2)C1. The van der Waals surface area contributed by atoms with Crippen LogP contribution in [0.4, 0.5) is 8.78 Å². The highest BCUT2D eigenvalue weighted by molar-refractivity contribution is 5.99. The number of hydrogen-bond donors (Lipinski definition) is 0. The van der Waals surface area contributed by atoms with E-state index in [9.17, 15) is 13.6 Å². The van der Waals surface area contributed by atoms with Gasteiger partial charge in [0.1, 0.15) is 12.5 Å². The number of nitrogens with zero attached hydrogens (tertiary/aromatic N) is 4. The minimum atomic E-state index is -1.87. The Labute approximate surface area is 177 Å². The topological polar surface area (TPSA) is 59.7 Å². The largest absolute Gasteiger partial charge is 0.469 e. The zero-order valence-electron chi connectivity index (χ0n) is 16.6. The molecule has 31 heavy (non-hydrogen) atoms. The summed E-state index contributed by atoms with van der Waals surface area (Å²) in [5.41, 5.74) is 1.58. The Balaban J connectivity index is 1.41. The van der Waals surface area contributed by atoms with Crippen LogP contribution in [-0.4, -0.2) is 56.7 Å². The fourth-order valence-electron chi connectivity index (χ4n) is 3.89. The summed E-state index contributed by atoms with van der Waals surface area (Å²) in [6.07, 6.45) is -1.56. The number of rotatable bonds is 3. The molecule has 0 aliphatic carbocycles. The number of carbonyl (C=O) groups excluding carboxylic acids is 1. The predicted molar refractivity (Wildman–Crippen MR) is 112 cm³/mol. The number of fused-ring (bicyclic) bond motifs is 2. The number of alkyl halides is 2. The van der Waals surface area contributed by atoms with Crippen LogP contribution in [0.5, 0.6) is 5.88 Å². The second-order valence-electron chi connectivity index (χ2n) is 7.59. The summed E-state index contributed by atoms with van der Waals surface area (Å²) in [5.74, 6) is -0.185. The van der Waals surface area contributed by atoms with E-state index >= 15 is 0 Å². The molecule has 4 aromatic rings. The van der Waals surface area contributed by atoms with E-state index in [0.29, 0.717) is 11.0 Å². The molecule has 3 atom stereocenters. The summed E-state index contributed by atoms with van der Waals surface area (Å²) < 4.78 is 36.8. The van der Waals surface area contributed by atoms with Crippen molar-refractivity contribution in [2.75, 3.05) is 13.1 Å². The first-order chi connectivity index (χ1) is 15.1. The van der Waals surface area contributed by atoms with E-state index in [1.165, 1.54) is 4.90 Å². The van der Waals surface area contributed by atoms with Crippen LogP contribution in [0.25, 0.3) is 16.4 Å². The molecular weight excluding hydrogens is 402 g/mol. The molecular formula is C23H20F2N4O2. The molecule has 5 rings (SSSR count). The summed E-state index contributed by atoms with van der Waals surface area (Å²) in [5, 5.41) is 0.916. The zero-order chi connectivity index (χ0) is 21.4. The van der Waals surface area contributed by atoms with Crippen LogP contribution in [0, 0.1) is 0 Å². The van der Waals surface area contributed by atoms with E-state index < -0.39 is 18.4 Å². The summed E-state index contributed by atoms with van der Waals surface area (Å²) in [4.78, 5) is 23.2. The number of hydrogen-bond acceptors (Lipinski definition) is 4. The predicted octanol–water partition coefficient (Wildman–Crippen LogP) is 3.85. The molecule has 0 saturated carbocycles. The van der Waals surface area contributed by atoms with E-state index in [2.05, 4.69) is 9.97 Å². The Kier molecular flexibility index (Phi) is 4.97. The molecule has 0 radical (unpaired) electrons. The Morgan fingerprint density at radius 3 is 2.81 bits per heavy atom. The van der Waals surface area contributed by atoms with Crippen molar-refractivity contribution in [1.82, 2.24) is 19.3 Å². The molecule has 4 heterocycles. The third-order valence-corrected chi connectivity index (χ3v) is 5.55. The molecule has 3 unspecified atom stereocenters. The van der Waals surface area contributed by atoms with Crippen molar-refractivity contribution in [3.8, 4) is 5.88 Å². The maximum Gasteiger partial charge on any atom is 0.274 e. The van der Waals surface area contributed by atoms with Gasteiger partial charge in [-0.3, -0.25) is 4.79 Å². The van der Waals surface area contributed by atoms with Crippen molar-refractivity contribution in [3.63, 3.8) is 0 Å².